The van der Waals surface area contributed by atoms with Crippen LogP contribution in [0, 0.1) is 5.92 Å². The molecule has 21 heavy (non-hydrogen) atoms. The number of carbonyl (C=O) groups is 1. The first-order valence-electron chi connectivity index (χ1n) is 6.65. The highest BCUT2D eigenvalue weighted by molar-refractivity contribution is 7.13. The second-order valence-corrected chi connectivity index (χ2v) is 5.43. The van der Waals surface area contributed by atoms with E-state index in [-0.39, 0.29) is 18.4 Å². The van der Waals surface area contributed by atoms with E-state index in [1.807, 2.05) is 18.2 Å². The van der Waals surface area contributed by atoms with Gasteiger partial charge < -0.3 is 15.7 Å². The number of pyridine rings is 1. The molecule has 0 aliphatic carbocycles. The number of anilines is 1. The first-order valence-corrected chi connectivity index (χ1v) is 7.53. The Bertz CT molecular complexity index is 573. The Kier molecular flexibility index (Phi) is 5.65. The van der Waals surface area contributed by atoms with Crippen LogP contribution in [0.25, 0.3) is 0 Å². The molecule has 6 nitrogen and oxygen atoms in total. The molecular formula is C14H18N4O2S. The molecule has 0 radical (unpaired) electrons. The van der Waals surface area contributed by atoms with E-state index >= 15 is 0 Å². The first-order chi connectivity index (χ1) is 10.2. The molecule has 7 heteroatoms. The zero-order valence-corrected chi connectivity index (χ0v) is 12.6. The van der Waals surface area contributed by atoms with E-state index in [4.69, 9.17) is 0 Å². The van der Waals surface area contributed by atoms with Gasteiger partial charge in [-0.05, 0) is 18.6 Å². The lowest BCUT2D eigenvalue weighted by molar-refractivity contribution is 0.0935. The van der Waals surface area contributed by atoms with Crippen LogP contribution >= 0.6 is 11.3 Å². The van der Waals surface area contributed by atoms with Crippen molar-refractivity contribution in [2.24, 2.45) is 5.92 Å². The van der Waals surface area contributed by atoms with Gasteiger partial charge in [-0.2, -0.15) is 0 Å². The third kappa shape index (κ3) is 4.51. The van der Waals surface area contributed by atoms with Crippen molar-refractivity contribution in [1.82, 2.24) is 15.3 Å². The van der Waals surface area contributed by atoms with Gasteiger partial charge in [0.15, 0.2) is 5.13 Å². The summed E-state index contributed by atoms with van der Waals surface area (Å²) in [5, 5.41) is 17.5. The minimum absolute atomic E-state index is 0.00428. The summed E-state index contributed by atoms with van der Waals surface area (Å²) in [4.78, 5) is 20.3. The quantitative estimate of drug-likeness (QED) is 0.714. The standard InChI is InChI=1S/C14H18N4O2S/c1-15-14-18-12(9-21-14)13(20)17-7-10(8-19)6-11-4-2-3-5-16-11/h2-5,9-10,19H,6-8H2,1H3,(H,15,18)(H,17,20). The van der Waals surface area contributed by atoms with E-state index in [0.717, 1.165) is 5.69 Å². The van der Waals surface area contributed by atoms with Crippen LogP contribution in [0.3, 0.4) is 0 Å². The number of aliphatic hydroxyl groups is 1. The van der Waals surface area contributed by atoms with Gasteiger partial charge in [-0.3, -0.25) is 9.78 Å². The van der Waals surface area contributed by atoms with Gasteiger partial charge in [0.1, 0.15) is 5.69 Å². The molecule has 112 valence electrons. The third-order valence-electron chi connectivity index (χ3n) is 2.98. The number of rotatable bonds is 7. The Labute approximate surface area is 127 Å². The number of aromatic nitrogens is 2. The highest BCUT2D eigenvalue weighted by atomic mass is 32.1. The molecule has 0 bridgehead atoms. The van der Waals surface area contributed by atoms with Crippen molar-refractivity contribution in [3.63, 3.8) is 0 Å². The zero-order chi connectivity index (χ0) is 15.1. The molecule has 0 fully saturated rings. The molecule has 2 aromatic rings. The number of hydrogen-bond acceptors (Lipinski definition) is 6. The van der Waals surface area contributed by atoms with Crippen LogP contribution in [-0.2, 0) is 6.42 Å². The molecule has 0 aliphatic heterocycles. The fourth-order valence-corrected chi connectivity index (χ4v) is 2.49. The summed E-state index contributed by atoms with van der Waals surface area (Å²) in [7, 11) is 1.76. The maximum absolute atomic E-state index is 12.0. The van der Waals surface area contributed by atoms with E-state index in [1.54, 1.807) is 18.6 Å². The highest BCUT2D eigenvalue weighted by Gasteiger charge is 2.14. The van der Waals surface area contributed by atoms with Crippen molar-refractivity contribution in [2.75, 3.05) is 25.5 Å². The molecular weight excluding hydrogens is 288 g/mol. The Morgan fingerprint density at radius 3 is 2.95 bits per heavy atom. The van der Waals surface area contributed by atoms with Crippen molar-refractivity contribution in [2.45, 2.75) is 6.42 Å². The number of nitrogens with one attached hydrogen (secondary N) is 2. The predicted octanol–water partition coefficient (Wildman–Crippen LogP) is 1.16. The van der Waals surface area contributed by atoms with E-state index in [9.17, 15) is 9.90 Å². The van der Waals surface area contributed by atoms with E-state index in [2.05, 4.69) is 20.6 Å². The Hall–Kier alpha value is -1.99. The van der Waals surface area contributed by atoms with Crippen LogP contribution in [0.2, 0.25) is 0 Å². The molecule has 0 spiro atoms. The number of aliphatic hydroxyl groups excluding tert-OH is 1. The molecule has 0 aliphatic rings. The average Bonchev–Trinajstić information content (AvgIpc) is 3.01. The number of nitrogens with zero attached hydrogens (tertiary/aromatic N) is 2. The molecule has 2 heterocycles. The van der Waals surface area contributed by atoms with Crippen molar-refractivity contribution in [1.29, 1.82) is 0 Å². The summed E-state index contributed by atoms with van der Waals surface area (Å²) >= 11 is 1.38. The lowest BCUT2D eigenvalue weighted by atomic mass is 10.0. The number of hydrogen-bond donors (Lipinski definition) is 3. The Balaban J connectivity index is 1.86. The van der Waals surface area contributed by atoms with Crippen LogP contribution in [-0.4, -0.2) is 41.2 Å². The van der Waals surface area contributed by atoms with Crippen LogP contribution < -0.4 is 10.6 Å². The van der Waals surface area contributed by atoms with Gasteiger partial charge in [0.2, 0.25) is 0 Å². The SMILES string of the molecule is CNc1nc(C(=O)NCC(CO)Cc2ccccn2)cs1. The number of carbonyl (C=O) groups excluding carboxylic acids is 1. The highest BCUT2D eigenvalue weighted by Crippen LogP contribution is 2.14. The topological polar surface area (TPSA) is 87.1 Å². The third-order valence-corrected chi connectivity index (χ3v) is 3.84. The second kappa shape index (κ2) is 7.70. The van der Waals surface area contributed by atoms with Gasteiger partial charge in [-0.1, -0.05) is 6.07 Å². The first kappa shape index (κ1) is 15.4. The summed E-state index contributed by atoms with van der Waals surface area (Å²) in [6, 6.07) is 5.66. The molecule has 0 saturated heterocycles. The molecule has 1 unspecified atom stereocenters. The Morgan fingerprint density at radius 2 is 2.33 bits per heavy atom. The molecule has 0 saturated carbocycles. The van der Waals surface area contributed by atoms with Crippen molar-refractivity contribution >= 4 is 22.4 Å². The molecule has 2 aromatic heterocycles. The molecule has 1 atom stereocenters. The van der Waals surface area contributed by atoms with Gasteiger partial charge in [0.05, 0.1) is 0 Å². The van der Waals surface area contributed by atoms with E-state index in [0.29, 0.717) is 23.8 Å². The minimum atomic E-state index is -0.229. The van der Waals surface area contributed by atoms with Gasteiger partial charge in [-0.15, -0.1) is 11.3 Å². The van der Waals surface area contributed by atoms with Gasteiger partial charge in [0, 0.05) is 43.4 Å². The maximum atomic E-state index is 12.0. The lowest BCUT2D eigenvalue weighted by Gasteiger charge is -2.14. The van der Waals surface area contributed by atoms with Crippen LogP contribution in [0.4, 0.5) is 5.13 Å². The Morgan fingerprint density at radius 1 is 1.48 bits per heavy atom. The normalized spacial score (nSPS) is 11.9. The van der Waals surface area contributed by atoms with Gasteiger partial charge in [0.25, 0.3) is 5.91 Å². The zero-order valence-electron chi connectivity index (χ0n) is 11.7. The predicted molar refractivity (Wildman–Crippen MR) is 82.5 cm³/mol. The molecule has 2 rings (SSSR count). The van der Waals surface area contributed by atoms with Crippen LogP contribution in [0.1, 0.15) is 16.2 Å². The number of thiazole rings is 1. The maximum Gasteiger partial charge on any atom is 0.270 e. The molecule has 0 aromatic carbocycles. The summed E-state index contributed by atoms with van der Waals surface area (Å²) in [5.74, 6) is -0.293. The minimum Gasteiger partial charge on any atom is -0.396 e. The molecule has 3 N–H and O–H groups in total. The summed E-state index contributed by atoms with van der Waals surface area (Å²) in [6.07, 6.45) is 2.34. The van der Waals surface area contributed by atoms with Crippen molar-refractivity contribution in [3.05, 3.63) is 41.2 Å². The smallest absolute Gasteiger partial charge is 0.270 e. The fraction of sp³-hybridized carbons (Fsp3) is 0.357. The lowest BCUT2D eigenvalue weighted by Crippen LogP contribution is -2.32. The largest absolute Gasteiger partial charge is 0.396 e. The van der Waals surface area contributed by atoms with Crippen molar-refractivity contribution in [3.8, 4) is 0 Å². The monoisotopic (exact) mass is 306 g/mol. The van der Waals surface area contributed by atoms with Crippen LogP contribution in [0.15, 0.2) is 29.8 Å². The van der Waals surface area contributed by atoms with E-state index in [1.165, 1.54) is 11.3 Å². The number of amides is 1. The van der Waals surface area contributed by atoms with E-state index < -0.39 is 0 Å². The van der Waals surface area contributed by atoms with Crippen LogP contribution in [0.5, 0.6) is 0 Å². The summed E-state index contributed by atoms with van der Waals surface area (Å²) < 4.78 is 0. The summed E-state index contributed by atoms with van der Waals surface area (Å²) in [5.41, 5.74) is 1.29. The van der Waals surface area contributed by atoms with Crippen molar-refractivity contribution < 1.29 is 9.90 Å². The van der Waals surface area contributed by atoms with Gasteiger partial charge in [-0.25, -0.2) is 4.98 Å². The average molecular weight is 306 g/mol. The van der Waals surface area contributed by atoms with Gasteiger partial charge >= 0.3 is 0 Å². The fourth-order valence-electron chi connectivity index (χ4n) is 1.84. The second-order valence-electron chi connectivity index (χ2n) is 4.57. The summed E-state index contributed by atoms with van der Waals surface area (Å²) in [6.45, 7) is 0.383. The molecule has 1 amide bonds.